The molecule has 0 aliphatic carbocycles. The fourth-order valence-electron chi connectivity index (χ4n) is 1.67. The van der Waals surface area contributed by atoms with E-state index >= 15 is 0 Å². The Labute approximate surface area is 73.9 Å². The van der Waals surface area contributed by atoms with E-state index in [1.165, 1.54) is 0 Å². The van der Waals surface area contributed by atoms with Crippen LogP contribution in [0.3, 0.4) is 0 Å². The van der Waals surface area contributed by atoms with Gasteiger partial charge < -0.3 is 10.6 Å². The topological polar surface area (TPSA) is 29.3 Å². The van der Waals surface area contributed by atoms with Crippen LogP contribution in [0.25, 0.3) is 0 Å². The second-order valence-corrected chi connectivity index (χ2v) is 4.12. The van der Waals surface area contributed by atoms with Crippen molar-refractivity contribution in [1.82, 2.24) is 4.90 Å². The fourth-order valence-corrected chi connectivity index (χ4v) is 1.67. The summed E-state index contributed by atoms with van der Waals surface area (Å²) >= 11 is 0. The first-order valence-electron chi connectivity index (χ1n) is 4.71. The lowest BCUT2D eigenvalue weighted by Crippen LogP contribution is -2.49. The number of rotatable bonds is 2. The molecule has 2 unspecified atom stereocenters. The maximum absolute atomic E-state index is 13.1. The quantitative estimate of drug-likeness (QED) is 0.677. The molecule has 0 aromatic heterocycles. The molecule has 0 amide bonds. The highest BCUT2D eigenvalue weighted by Gasteiger charge is 2.26. The summed E-state index contributed by atoms with van der Waals surface area (Å²) in [5.41, 5.74) is 5.57. The molecule has 1 saturated heterocycles. The van der Waals surface area contributed by atoms with Gasteiger partial charge in [-0.05, 0) is 18.9 Å². The molecule has 12 heavy (non-hydrogen) atoms. The van der Waals surface area contributed by atoms with Gasteiger partial charge in [-0.1, -0.05) is 13.8 Å². The van der Waals surface area contributed by atoms with E-state index in [-0.39, 0.29) is 6.04 Å². The van der Waals surface area contributed by atoms with E-state index in [1.807, 2.05) is 0 Å². The first kappa shape index (κ1) is 9.93. The predicted molar refractivity (Wildman–Crippen MR) is 48.8 cm³/mol. The predicted octanol–water partition coefficient (Wildman–Crippen LogP) is 1.01. The van der Waals surface area contributed by atoms with Gasteiger partial charge in [-0.15, -0.1) is 0 Å². The van der Waals surface area contributed by atoms with Gasteiger partial charge in [0.2, 0.25) is 0 Å². The Balaban J connectivity index is 2.30. The molecule has 72 valence electrons. The standard InChI is InChI=1S/C9H19FN2/c1-7(2)5-12-4-3-9(11)8(10)6-12/h7-9H,3-6,11H2,1-2H3. The third-order valence-corrected chi connectivity index (χ3v) is 2.30. The van der Waals surface area contributed by atoms with Gasteiger partial charge in [-0.3, -0.25) is 0 Å². The number of hydrogen-bond donors (Lipinski definition) is 1. The Bertz CT molecular complexity index is 138. The summed E-state index contributed by atoms with van der Waals surface area (Å²) in [6.07, 6.45) is -0.0223. The number of nitrogens with two attached hydrogens (primary N) is 1. The summed E-state index contributed by atoms with van der Waals surface area (Å²) in [7, 11) is 0. The average Bonchev–Trinajstić information content (AvgIpc) is 1.96. The van der Waals surface area contributed by atoms with Crippen molar-refractivity contribution in [2.75, 3.05) is 19.6 Å². The molecule has 0 aromatic rings. The summed E-state index contributed by atoms with van der Waals surface area (Å²) < 4.78 is 13.1. The van der Waals surface area contributed by atoms with Gasteiger partial charge in [-0.25, -0.2) is 4.39 Å². The Morgan fingerprint density at radius 3 is 2.75 bits per heavy atom. The summed E-state index contributed by atoms with van der Waals surface area (Å²) in [6.45, 7) is 6.79. The van der Waals surface area contributed by atoms with Gasteiger partial charge in [0.25, 0.3) is 0 Å². The van der Waals surface area contributed by atoms with Crippen LogP contribution >= 0.6 is 0 Å². The lowest BCUT2D eigenvalue weighted by atomic mass is 10.0. The molecule has 0 aromatic carbocycles. The van der Waals surface area contributed by atoms with Crippen LogP contribution in [0.5, 0.6) is 0 Å². The van der Waals surface area contributed by atoms with E-state index in [4.69, 9.17) is 5.73 Å². The third kappa shape index (κ3) is 2.72. The highest BCUT2D eigenvalue weighted by molar-refractivity contribution is 4.82. The van der Waals surface area contributed by atoms with E-state index < -0.39 is 6.17 Å². The van der Waals surface area contributed by atoms with Crippen LogP contribution in [0, 0.1) is 5.92 Å². The van der Waals surface area contributed by atoms with Gasteiger partial charge in [0.1, 0.15) is 6.17 Å². The largest absolute Gasteiger partial charge is 0.325 e. The maximum Gasteiger partial charge on any atom is 0.128 e. The van der Waals surface area contributed by atoms with E-state index in [2.05, 4.69) is 18.7 Å². The van der Waals surface area contributed by atoms with E-state index in [0.29, 0.717) is 12.5 Å². The molecule has 2 nitrogen and oxygen atoms in total. The van der Waals surface area contributed by atoms with E-state index in [1.54, 1.807) is 0 Å². The van der Waals surface area contributed by atoms with Gasteiger partial charge in [0, 0.05) is 19.1 Å². The van der Waals surface area contributed by atoms with Crippen LogP contribution in [0.1, 0.15) is 20.3 Å². The highest BCUT2D eigenvalue weighted by Crippen LogP contribution is 2.13. The molecule has 0 saturated carbocycles. The minimum Gasteiger partial charge on any atom is -0.325 e. The fraction of sp³-hybridized carbons (Fsp3) is 1.00. The van der Waals surface area contributed by atoms with Crippen molar-refractivity contribution in [3.05, 3.63) is 0 Å². The number of nitrogens with zero attached hydrogens (tertiary/aromatic N) is 1. The molecular weight excluding hydrogens is 155 g/mol. The van der Waals surface area contributed by atoms with Crippen molar-refractivity contribution in [1.29, 1.82) is 0 Å². The lowest BCUT2D eigenvalue weighted by Gasteiger charge is -2.33. The van der Waals surface area contributed by atoms with Gasteiger partial charge in [0.15, 0.2) is 0 Å². The lowest BCUT2D eigenvalue weighted by molar-refractivity contribution is 0.110. The Hall–Kier alpha value is -0.150. The SMILES string of the molecule is CC(C)CN1CCC(N)C(F)C1. The third-order valence-electron chi connectivity index (χ3n) is 2.30. The van der Waals surface area contributed by atoms with Crippen LogP contribution in [-0.4, -0.2) is 36.7 Å². The zero-order valence-electron chi connectivity index (χ0n) is 7.96. The molecule has 2 N–H and O–H groups in total. The number of alkyl halides is 1. The van der Waals surface area contributed by atoms with Gasteiger partial charge in [-0.2, -0.15) is 0 Å². The molecule has 0 radical (unpaired) electrons. The summed E-state index contributed by atoms with van der Waals surface area (Å²) in [5.74, 6) is 0.617. The van der Waals surface area contributed by atoms with Crippen molar-refractivity contribution in [3.8, 4) is 0 Å². The second-order valence-electron chi connectivity index (χ2n) is 4.12. The van der Waals surface area contributed by atoms with Gasteiger partial charge in [0.05, 0.1) is 0 Å². The molecule has 2 atom stereocenters. The summed E-state index contributed by atoms with van der Waals surface area (Å²) in [4.78, 5) is 2.17. The number of piperidine rings is 1. The van der Waals surface area contributed by atoms with Crippen LogP contribution in [0.15, 0.2) is 0 Å². The Morgan fingerprint density at radius 1 is 1.58 bits per heavy atom. The highest BCUT2D eigenvalue weighted by atomic mass is 19.1. The average molecular weight is 174 g/mol. The van der Waals surface area contributed by atoms with Crippen molar-refractivity contribution in [2.24, 2.45) is 11.7 Å². The number of halogens is 1. The smallest absolute Gasteiger partial charge is 0.128 e. The molecular formula is C9H19FN2. The minimum absolute atomic E-state index is 0.228. The second kappa shape index (κ2) is 4.19. The zero-order valence-corrected chi connectivity index (χ0v) is 7.96. The zero-order chi connectivity index (χ0) is 9.14. The van der Waals surface area contributed by atoms with Crippen molar-refractivity contribution < 1.29 is 4.39 Å². The van der Waals surface area contributed by atoms with Crippen molar-refractivity contribution in [2.45, 2.75) is 32.5 Å². The van der Waals surface area contributed by atoms with Gasteiger partial charge >= 0.3 is 0 Å². The molecule has 1 heterocycles. The Kier molecular flexibility index (Phi) is 3.47. The van der Waals surface area contributed by atoms with Crippen molar-refractivity contribution in [3.63, 3.8) is 0 Å². The van der Waals surface area contributed by atoms with Crippen LogP contribution in [-0.2, 0) is 0 Å². The number of hydrogen-bond acceptors (Lipinski definition) is 2. The monoisotopic (exact) mass is 174 g/mol. The normalized spacial score (nSPS) is 32.8. The van der Waals surface area contributed by atoms with Crippen LogP contribution in [0.4, 0.5) is 4.39 Å². The number of likely N-dealkylation sites (tertiary alicyclic amines) is 1. The molecule has 1 aliphatic heterocycles. The summed E-state index contributed by atoms with van der Waals surface area (Å²) in [5, 5.41) is 0. The maximum atomic E-state index is 13.1. The molecule has 1 aliphatic rings. The molecule has 0 bridgehead atoms. The van der Waals surface area contributed by atoms with E-state index in [9.17, 15) is 4.39 Å². The Morgan fingerprint density at radius 2 is 2.25 bits per heavy atom. The molecule has 1 rings (SSSR count). The first-order chi connectivity index (χ1) is 5.59. The van der Waals surface area contributed by atoms with Crippen LogP contribution in [0.2, 0.25) is 0 Å². The first-order valence-corrected chi connectivity index (χ1v) is 4.71. The van der Waals surface area contributed by atoms with Crippen LogP contribution < -0.4 is 5.73 Å². The minimum atomic E-state index is -0.822. The van der Waals surface area contributed by atoms with Crippen molar-refractivity contribution >= 4 is 0 Å². The molecule has 3 heteroatoms. The summed E-state index contributed by atoms with van der Waals surface area (Å²) in [6, 6.07) is -0.228. The van der Waals surface area contributed by atoms with E-state index in [0.717, 1.165) is 19.5 Å². The molecule has 1 fully saturated rings. The molecule has 0 spiro atoms.